The number of nitrogens with two attached hydrogens (primary N) is 1. The molecule has 0 spiro atoms. The van der Waals surface area contributed by atoms with E-state index in [2.05, 4.69) is 0 Å². The van der Waals surface area contributed by atoms with Crippen LogP contribution in [0.1, 0.15) is 32.1 Å². The summed E-state index contributed by atoms with van der Waals surface area (Å²) in [5.41, 5.74) is 5.42. The van der Waals surface area contributed by atoms with Crippen LogP contribution >= 0.6 is 0 Å². The van der Waals surface area contributed by atoms with Crippen molar-refractivity contribution in [3.05, 3.63) is 0 Å². The molecule has 112 valence electrons. The largest absolute Gasteiger partial charge is 0.378 e. The van der Waals surface area contributed by atoms with Crippen LogP contribution in [0.2, 0.25) is 0 Å². The van der Waals surface area contributed by atoms with Gasteiger partial charge in [0.1, 0.15) is 0 Å². The Kier molecular flexibility index (Phi) is 5.58. The molecule has 0 aromatic heterocycles. The second kappa shape index (κ2) is 6.99. The molecule has 2 heterocycles. The minimum absolute atomic E-state index is 0.191. The second-order valence-electron chi connectivity index (χ2n) is 5.23. The van der Waals surface area contributed by atoms with Crippen LogP contribution in [0, 0.1) is 0 Å². The van der Waals surface area contributed by atoms with Gasteiger partial charge in [-0.25, -0.2) is 0 Å². The molecule has 0 aromatic rings. The average Bonchev–Trinajstić information content (AvgIpc) is 2.94. The zero-order valence-corrected chi connectivity index (χ0v) is 12.3. The standard InChI is InChI=1S/C12H25N3O3S/c13-6-3-11-18-12-4-9-15(10-5-12)19(16,17)14-7-1-2-8-14/h12H,1-11,13H2. The summed E-state index contributed by atoms with van der Waals surface area (Å²) in [7, 11) is -3.22. The number of hydrogen-bond acceptors (Lipinski definition) is 4. The molecule has 2 aliphatic heterocycles. The maximum atomic E-state index is 12.3. The summed E-state index contributed by atoms with van der Waals surface area (Å²) < 4.78 is 33.6. The predicted molar refractivity (Wildman–Crippen MR) is 73.9 cm³/mol. The smallest absolute Gasteiger partial charge is 0.281 e. The lowest BCUT2D eigenvalue weighted by atomic mass is 10.1. The van der Waals surface area contributed by atoms with Crippen molar-refractivity contribution in [2.75, 3.05) is 39.3 Å². The first-order chi connectivity index (χ1) is 9.14. The molecular formula is C12H25N3O3S. The molecule has 2 N–H and O–H groups in total. The molecule has 0 amide bonds. The lowest BCUT2D eigenvalue weighted by Crippen LogP contribution is -2.47. The topological polar surface area (TPSA) is 75.9 Å². The summed E-state index contributed by atoms with van der Waals surface area (Å²) in [5, 5.41) is 0. The Labute approximate surface area is 116 Å². The summed E-state index contributed by atoms with van der Waals surface area (Å²) >= 11 is 0. The van der Waals surface area contributed by atoms with Crippen LogP contribution in [0.25, 0.3) is 0 Å². The first-order valence-electron chi connectivity index (χ1n) is 7.21. The van der Waals surface area contributed by atoms with Crippen molar-refractivity contribution in [3.63, 3.8) is 0 Å². The number of ether oxygens (including phenoxy) is 1. The van der Waals surface area contributed by atoms with Gasteiger partial charge in [0.2, 0.25) is 0 Å². The van der Waals surface area contributed by atoms with Gasteiger partial charge in [-0.15, -0.1) is 0 Å². The van der Waals surface area contributed by atoms with Gasteiger partial charge >= 0.3 is 0 Å². The van der Waals surface area contributed by atoms with Crippen molar-refractivity contribution in [2.45, 2.75) is 38.2 Å². The zero-order valence-electron chi connectivity index (χ0n) is 11.5. The van der Waals surface area contributed by atoms with Crippen LogP contribution in [-0.2, 0) is 14.9 Å². The van der Waals surface area contributed by atoms with Crippen molar-refractivity contribution in [2.24, 2.45) is 5.73 Å². The number of nitrogens with zero attached hydrogens (tertiary/aromatic N) is 2. The molecule has 0 aliphatic carbocycles. The fraction of sp³-hybridized carbons (Fsp3) is 1.00. The van der Waals surface area contributed by atoms with Crippen LogP contribution < -0.4 is 5.73 Å². The molecule has 0 bridgehead atoms. The van der Waals surface area contributed by atoms with Crippen molar-refractivity contribution in [1.82, 2.24) is 8.61 Å². The van der Waals surface area contributed by atoms with Crippen LogP contribution in [0.4, 0.5) is 0 Å². The van der Waals surface area contributed by atoms with E-state index in [4.69, 9.17) is 10.5 Å². The Morgan fingerprint density at radius 2 is 1.63 bits per heavy atom. The highest BCUT2D eigenvalue weighted by atomic mass is 32.2. The lowest BCUT2D eigenvalue weighted by Gasteiger charge is -2.33. The Hall–Kier alpha value is -0.210. The summed E-state index contributed by atoms with van der Waals surface area (Å²) in [6, 6.07) is 0. The van der Waals surface area contributed by atoms with Gasteiger partial charge in [-0.3, -0.25) is 0 Å². The summed E-state index contributed by atoms with van der Waals surface area (Å²) in [4.78, 5) is 0. The van der Waals surface area contributed by atoms with E-state index in [-0.39, 0.29) is 6.10 Å². The minimum Gasteiger partial charge on any atom is -0.378 e. The van der Waals surface area contributed by atoms with Gasteiger partial charge in [0.25, 0.3) is 10.2 Å². The zero-order chi connectivity index (χ0) is 13.7. The van der Waals surface area contributed by atoms with Crippen molar-refractivity contribution in [1.29, 1.82) is 0 Å². The lowest BCUT2D eigenvalue weighted by molar-refractivity contribution is 0.0202. The molecule has 2 rings (SSSR count). The predicted octanol–water partition coefficient (Wildman–Crippen LogP) is 0.157. The molecule has 6 nitrogen and oxygen atoms in total. The van der Waals surface area contributed by atoms with Crippen molar-refractivity contribution >= 4 is 10.2 Å². The fourth-order valence-corrected chi connectivity index (χ4v) is 4.36. The third-order valence-corrected chi connectivity index (χ3v) is 5.86. The molecular weight excluding hydrogens is 266 g/mol. The first-order valence-corrected chi connectivity index (χ1v) is 8.61. The Morgan fingerprint density at radius 1 is 1.05 bits per heavy atom. The summed E-state index contributed by atoms with van der Waals surface area (Å²) in [6.45, 7) is 3.82. The van der Waals surface area contributed by atoms with Gasteiger partial charge < -0.3 is 10.5 Å². The SMILES string of the molecule is NCCCOC1CCN(S(=O)(=O)N2CCCC2)CC1. The van der Waals surface area contributed by atoms with E-state index in [1.807, 2.05) is 0 Å². The van der Waals surface area contributed by atoms with Gasteiger partial charge in [0.15, 0.2) is 0 Å². The van der Waals surface area contributed by atoms with E-state index >= 15 is 0 Å². The van der Waals surface area contributed by atoms with Crippen LogP contribution in [0.3, 0.4) is 0 Å². The second-order valence-corrected chi connectivity index (χ2v) is 7.15. The van der Waals surface area contributed by atoms with Crippen LogP contribution in [0.5, 0.6) is 0 Å². The highest BCUT2D eigenvalue weighted by Crippen LogP contribution is 2.21. The quantitative estimate of drug-likeness (QED) is 0.707. The molecule has 0 unspecified atom stereocenters. The molecule has 19 heavy (non-hydrogen) atoms. The molecule has 2 fully saturated rings. The third kappa shape index (κ3) is 3.88. The van der Waals surface area contributed by atoms with E-state index < -0.39 is 10.2 Å². The summed E-state index contributed by atoms with van der Waals surface area (Å²) in [5.74, 6) is 0. The van der Waals surface area contributed by atoms with E-state index in [0.717, 1.165) is 32.1 Å². The maximum Gasteiger partial charge on any atom is 0.281 e. The molecule has 2 saturated heterocycles. The van der Waals surface area contributed by atoms with E-state index in [1.165, 1.54) is 0 Å². The van der Waals surface area contributed by atoms with Crippen LogP contribution in [-0.4, -0.2) is 62.5 Å². The monoisotopic (exact) mass is 291 g/mol. The Morgan fingerprint density at radius 3 is 2.21 bits per heavy atom. The number of hydrogen-bond donors (Lipinski definition) is 1. The van der Waals surface area contributed by atoms with E-state index in [9.17, 15) is 8.42 Å². The van der Waals surface area contributed by atoms with Gasteiger partial charge in [-0.1, -0.05) is 0 Å². The minimum atomic E-state index is -3.22. The van der Waals surface area contributed by atoms with Gasteiger partial charge in [0.05, 0.1) is 6.10 Å². The van der Waals surface area contributed by atoms with Crippen molar-refractivity contribution in [3.8, 4) is 0 Å². The molecule has 2 aliphatic rings. The highest BCUT2D eigenvalue weighted by Gasteiger charge is 2.34. The van der Waals surface area contributed by atoms with Gasteiger partial charge in [-0.2, -0.15) is 17.0 Å². The number of piperidine rings is 1. The fourth-order valence-electron chi connectivity index (χ4n) is 2.64. The normalized spacial score (nSPS) is 24.1. The van der Waals surface area contributed by atoms with Gasteiger partial charge in [0, 0.05) is 32.8 Å². The molecule has 0 saturated carbocycles. The molecule has 0 radical (unpaired) electrons. The van der Waals surface area contributed by atoms with Crippen LogP contribution in [0.15, 0.2) is 0 Å². The van der Waals surface area contributed by atoms with E-state index in [0.29, 0.717) is 39.3 Å². The van der Waals surface area contributed by atoms with Crippen molar-refractivity contribution < 1.29 is 13.2 Å². The molecule has 7 heteroatoms. The van der Waals surface area contributed by atoms with Gasteiger partial charge in [-0.05, 0) is 38.6 Å². The first kappa shape index (κ1) is 15.2. The maximum absolute atomic E-state index is 12.3. The Balaban J connectivity index is 1.79. The Bertz CT molecular complexity index is 360. The molecule has 0 aromatic carbocycles. The molecule has 0 atom stereocenters. The average molecular weight is 291 g/mol. The summed E-state index contributed by atoms with van der Waals surface area (Å²) in [6.07, 6.45) is 4.61. The third-order valence-electron chi connectivity index (χ3n) is 3.82. The van der Waals surface area contributed by atoms with E-state index in [1.54, 1.807) is 8.61 Å². The number of rotatable bonds is 6. The highest BCUT2D eigenvalue weighted by molar-refractivity contribution is 7.86.